The van der Waals surface area contributed by atoms with Crippen LogP contribution in [-0.4, -0.2) is 18.6 Å². The standard InChI is InChI=1S/C23H17N3O2S2/c27-30(28)22-15-24-14-13-21(22)26(19-10-2-1-3-11-19)23(25-30)29-16-18-9-6-8-17-7-4-5-12-20(17)18/h1-15H,16H2. The van der Waals surface area contributed by atoms with Crippen LogP contribution in [0.3, 0.4) is 0 Å². The van der Waals surface area contributed by atoms with Gasteiger partial charge in [0.05, 0.1) is 5.69 Å². The molecule has 7 heteroatoms. The number of nitrogens with zero attached hydrogens (tertiary/aromatic N) is 3. The molecule has 1 aromatic heterocycles. The van der Waals surface area contributed by atoms with Crippen molar-refractivity contribution in [3.8, 4) is 0 Å². The molecule has 1 aliphatic heterocycles. The Kier molecular flexibility index (Phi) is 4.77. The number of thioether (sulfide) groups is 1. The van der Waals surface area contributed by atoms with Crippen molar-refractivity contribution in [1.82, 2.24) is 4.98 Å². The van der Waals surface area contributed by atoms with Gasteiger partial charge in [0, 0.05) is 23.8 Å². The minimum absolute atomic E-state index is 0.114. The molecule has 0 aliphatic carbocycles. The average Bonchev–Trinajstić information content (AvgIpc) is 2.78. The van der Waals surface area contributed by atoms with Gasteiger partial charge >= 0.3 is 0 Å². The lowest BCUT2D eigenvalue weighted by Crippen LogP contribution is -2.30. The highest BCUT2D eigenvalue weighted by Gasteiger charge is 2.32. The highest BCUT2D eigenvalue weighted by atomic mass is 32.2. The van der Waals surface area contributed by atoms with Gasteiger partial charge in [0.15, 0.2) is 5.17 Å². The second kappa shape index (κ2) is 7.59. The van der Waals surface area contributed by atoms with Gasteiger partial charge in [0.1, 0.15) is 4.90 Å². The molecule has 1 aliphatic rings. The smallest absolute Gasteiger partial charge is 0.287 e. The number of sulfonamides is 1. The summed E-state index contributed by atoms with van der Waals surface area (Å²) in [5.41, 5.74) is 2.54. The van der Waals surface area contributed by atoms with Crippen molar-refractivity contribution in [2.75, 3.05) is 4.90 Å². The van der Waals surface area contributed by atoms with E-state index in [2.05, 4.69) is 33.6 Å². The van der Waals surface area contributed by atoms with Gasteiger partial charge in [0.25, 0.3) is 10.0 Å². The first-order chi connectivity index (χ1) is 14.6. The summed E-state index contributed by atoms with van der Waals surface area (Å²) in [6, 6.07) is 25.7. The first-order valence-electron chi connectivity index (χ1n) is 9.37. The molecule has 0 amide bonds. The molecule has 0 saturated carbocycles. The topological polar surface area (TPSA) is 62.6 Å². The lowest BCUT2D eigenvalue weighted by atomic mass is 10.1. The summed E-state index contributed by atoms with van der Waals surface area (Å²) in [7, 11) is -3.82. The zero-order valence-electron chi connectivity index (χ0n) is 15.8. The molecule has 5 nitrogen and oxygen atoms in total. The third-order valence-electron chi connectivity index (χ3n) is 4.92. The fourth-order valence-corrected chi connectivity index (χ4v) is 5.91. The number of amidine groups is 1. The summed E-state index contributed by atoms with van der Waals surface area (Å²) >= 11 is 1.41. The van der Waals surface area contributed by atoms with Crippen molar-refractivity contribution in [1.29, 1.82) is 0 Å². The molecule has 2 heterocycles. The maximum atomic E-state index is 12.8. The lowest BCUT2D eigenvalue weighted by molar-refractivity contribution is 0.597. The normalized spacial score (nSPS) is 14.9. The Hall–Kier alpha value is -3.16. The summed E-state index contributed by atoms with van der Waals surface area (Å²) in [4.78, 5) is 5.99. The number of para-hydroxylation sites is 1. The number of anilines is 2. The molecule has 0 saturated heterocycles. The van der Waals surface area contributed by atoms with Crippen LogP contribution in [0.2, 0.25) is 0 Å². The van der Waals surface area contributed by atoms with Crippen LogP contribution in [0.4, 0.5) is 11.4 Å². The molecule has 0 N–H and O–H groups in total. The average molecular weight is 432 g/mol. The van der Waals surface area contributed by atoms with Crippen LogP contribution in [0, 0.1) is 0 Å². The number of hydrogen-bond donors (Lipinski definition) is 0. The molecule has 0 unspecified atom stereocenters. The predicted molar refractivity (Wildman–Crippen MR) is 123 cm³/mol. The Morgan fingerprint density at radius 3 is 2.50 bits per heavy atom. The van der Waals surface area contributed by atoms with E-state index in [1.807, 2.05) is 53.4 Å². The molecule has 4 aromatic rings. The van der Waals surface area contributed by atoms with Crippen LogP contribution < -0.4 is 4.90 Å². The van der Waals surface area contributed by atoms with Crippen LogP contribution in [0.25, 0.3) is 10.8 Å². The van der Waals surface area contributed by atoms with Crippen LogP contribution in [0.5, 0.6) is 0 Å². The molecule has 0 bridgehead atoms. The van der Waals surface area contributed by atoms with E-state index in [4.69, 9.17) is 0 Å². The number of rotatable bonds is 3. The minimum Gasteiger partial charge on any atom is -0.287 e. The number of aromatic nitrogens is 1. The number of hydrogen-bond acceptors (Lipinski definition) is 5. The Bertz CT molecular complexity index is 1360. The summed E-state index contributed by atoms with van der Waals surface area (Å²) in [6.07, 6.45) is 2.96. The first kappa shape index (κ1) is 18.8. The summed E-state index contributed by atoms with van der Waals surface area (Å²) in [5, 5.41) is 2.74. The number of benzene rings is 3. The van der Waals surface area contributed by atoms with Crippen LogP contribution in [0.1, 0.15) is 5.56 Å². The highest BCUT2D eigenvalue weighted by Crippen LogP contribution is 2.39. The zero-order chi connectivity index (χ0) is 20.6. The van der Waals surface area contributed by atoms with Crippen LogP contribution in [-0.2, 0) is 15.8 Å². The third kappa shape index (κ3) is 3.36. The molecule has 0 fully saturated rings. The van der Waals surface area contributed by atoms with Gasteiger partial charge in [-0.1, -0.05) is 72.4 Å². The van der Waals surface area contributed by atoms with Crippen molar-refractivity contribution in [2.45, 2.75) is 10.6 Å². The SMILES string of the molecule is O=S1(=O)N=C(SCc2cccc3ccccc23)N(c2ccccc2)c2ccncc21. The van der Waals surface area contributed by atoms with Crippen molar-refractivity contribution in [2.24, 2.45) is 4.40 Å². The first-order valence-corrected chi connectivity index (χ1v) is 11.8. The Balaban J connectivity index is 1.58. The zero-order valence-corrected chi connectivity index (χ0v) is 17.5. The van der Waals surface area contributed by atoms with Crippen molar-refractivity contribution in [3.63, 3.8) is 0 Å². The Morgan fingerprint density at radius 1 is 0.867 bits per heavy atom. The van der Waals surface area contributed by atoms with Gasteiger partial charge in [0.2, 0.25) is 0 Å². The van der Waals surface area contributed by atoms with Gasteiger partial charge < -0.3 is 0 Å². The van der Waals surface area contributed by atoms with E-state index >= 15 is 0 Å². The van der Waals surface area contributed by atoms with Crippen molar-refractivity contribution >= 4 is 49.1 Å². The molecular formula is C23H17N3O2S2. The minimum atomic E-state index is -3.82. The fraction of sp³-hybridized carbons (Fsp3) is 0.0435. The van der Waals surface area contributed by atoms with Crippen molar-refractivity contribution in [3.05, 3.63) is 96.8 Å². The van der Waals surface area contributed by atoms with E-state index in [9.17, 15) is 8.42 Å². The van der Waals surface area contributed by atoms with Crippen LogP contribution >= 0.6 is 11.8 Å². The summed E-state index contributed by atoms with van der Waals surface area (Å²) in [5.74, 6) is 0.597. The van der Waals surface area contributed by atoms with E-state index in [0.29, 0.717) is 16.6 Å². The molecule has 0 radical (unpaired) electrons. The van der Waals surface area contributed by atoms with Gasteiger partial charge in [-0.15, -0.1) is 4.40 Å². The molecule has 3 aromatic carbocycles. The van der Waals surface area contributed by atoms with Gasteiger partial charge in [-0.25, -0.2) is 0 Å². The predicted octanol–water partition coefficient (Wildman–Crippen LogP) is 5.36. The quantitative estimate of drug-likeness (QED) is 0.437. The molecule has 0 spiro atoms. The van der Waals surface area contributed by atoms with E-state index in [1.54, 1.807) is 12.3 Å². The highest BCUT2D eigenvalue weighted by molar-refractivity contribution is 8.14. The van der Waals surface area contributed by atoms with E-state index in [0.717, 1.165) is 22.0 Å². The van der Waals surface area contributed by atoms with Gasteiger partial charge in [-0.05, 0) is 34.5 Å². The Labute approximate surface area is 179 Å². The van der Waals surface area contributed by atoms with Crippen molar-refractivity contribution < 1.29 is 8.42 Å². The van der Waals surface area contributed by atoms with E-state index < -0.39 is 10.0 Å². The monoisotopic (exact) mass is 431 g/mol. The third-order valence-corrected chi connectivity index (χ3v) is 7.31. The Morgan fingerprint density at radius 2 is 1.63 bits per heavy atom. The molecule has 5 rings (SSSR count). The maximum Gasteiger partial charge on any atom is 0.288 e. The van der Waals surface area contributed by atoms with Gasteiger partial charge in [-0.2, -0.15) is 8.42 Å². The van der Waals surface area contributed by atoms with E-state index in [1.165, 1.54) is 18.0 Å². The molecule has 148 valence electrons. The largest absolute Gasteiger partial charge is 0.288 e. The van der Waals surface area contributed by atoms with Gasteiger partial charge in [-0.3, -0.25) is 9.88 Å². The number of pyridine rings is 1. The maximum absolute atomic E-state index is 12.8. The lowest BCUT2D eigenvalue weighted by Gasteiger charge is -2.30. The molecular weight excluding hydrogens is 414 g/mol. The molecule has 0 atom stereocenters. The van der Waals surface area contributed by atoms with Crippen LogP contribution in [0.15, 0.2) is 101 Å². The summed E-state index contributed by atoms with van der Waals surface area (Å²) < 4.78 is 29.8. The van der Waals surface area contributed by atoms with E-state index in [-0.39, 0.29) is 4.90 Å². The summed E-state index contributed by atoms with van der Waals surface area (Å²) in [6.45, 7) is 0. The second-order valence-electron chi connectivity index (χ2n) is 6.79. The second-order valence-corrected chi connectivity index (χ2v) is 9.31. The number of fused-ring (bicyclic) bond motifs is 2. The molecule has 30 heavy (non-hydrogen) atoms. The fourth-order valence-electron chi connectivity index (χ4n) is 3.53.